The summed E-state index contributed by atoms with van der Waals surface area (Å²) in [6, 6.07) is 3.65. The minimum absolute atomic E-state index is 0.0147. The number of anilines is 1. The third-order valence-electron chi connectivity index (χ3n) is 2.44. The standard InChI is InChI=1S/C11H12F3N3OS/c1-7(4-5-8-3-2-6-18-8)15-10-17-16-9(19-10)11(12,13)14/h2-3,6-7H,4-5H2,1H3,(H,15,17). The van der Waals surface area contributed by atoms with Gasteiger partial charge < -0.3 is 9.73 Å². The highest BCUT2D eigenvalue weighted by Crippen LogP contribution is 2.33. The summed E-state index contributed by atoms with van der Waals surface area (Å²) in [5.41, 5.74) is 0. The fourth-order valence-electron chi connectivity index (χ4n) is 1.49. The molecule has 0 aliphatic heterocycles. The molecule has 0 aliphatic carbocycles. The maximum atomic E-state index is 12.3. The molecule has 0 bridgehead atoms. The molecule has 0 amide bonds. The number of nitrogens with zero attached hydrogens (tertiary/aromatic N) is 2. The van der Waals surface area contributed by atoms with Gasteiger partial charge in [0.1, 0.15) is 5.76 Å². The summed E-state index contributed by atoms with van der Waals surface area (Å²) in [7, 11) is 0. The molecule has 1 N–H and O–H groups in total. The topological polar surface area (TPSA) is 51.0 Å². The summed E-state index contributed by atoms with van der Waals surface area (Å²) in [4.78, 5) is 0. The molecule has 4 nitrogen and oxygen atoms in total. The Hall–Kier alpha value is -1.57. The number of halogens is 3. The fraction of sp³-hybridized carbons (Fsp3) is 0.455. The van der Waals surface area contributed by atoms with Gasteiger partial charge in [-0.15, -0.1) is 10.2 Å². The van der Waals surface area contributed by atoms with Crippen molar-refractivity contribution in [3.8, 4) is 0 Å². The normalized spacial score (nSPS) is 13.5. The van der Waals surface area contributed by atoms with Crippen LogP contribution in [0.5, 0.6) is 0 Å². The lowest BCUT2D eigenvalue weighted by atomic mass is 10.1. The molecule has 0 radical (unpaired) electrons. The molecule has 2 aromatic rings. The van der Waals surface area contributed by atoms with E-state index in [1.165, 1.54) is 0 Å². The fourth-order valence-corrected chi connectivity index (χ4v) is 2.21. The quantitative estimate of drug-likeness (QED) is 0.914. The van der Waals surface area contributed by atoms with Crippen molar-refractivity contribution in [2.45, 2.75) is 32.0 Å². The first-order valence-corrected chi connectivity index (χ1v) is 6.46. The largest absolute Gasteiger partial charge is 0.469 e. The maximum Gasteiger partial charge on any atom is 0.445 e. The van der Waals surface area contributed by atoms with Crippen LogP contribution in [0.15, 0.2) is 22.8 Å². The second-order valence-corrected chi connectivity index (χ2v) is 5.05. The molecule has 0 aromatic carbocycles. The molecular formula is C11H12F3N3OS. The number of alkyl halides is 3. The average Bonchev–Trinajstić information content (AvgIpc) is 2.95. The Labute approximate surface area is 111 Å². The zero-order valence-corrected chi connectivity index (χ0v) is 10.9. The lowest BCUT2D eigenvalue weighted by Gasteiger charge is -2.10. The number of hydrogen-bond donors (Lipinski definition) is 1. The Morgan fingerprint density at radius 3 is 2.79 bits per heavy atom. The Morgan fingerprint density at radius 1 is 1.42 bits per heavy atom. The lowest BCUT2D eigenvalue weighted by Crippen LogP contribution is -2.15. The smallest absolute Gasteiger partial charge is 0.445 e. The van der Waals surface area contributed by atoms with E-state index in [1.807, 2.05) is 13.0 Å². The summed E-state index contributed by atoms with van der Waals surface area (Å²) < 4.78 is 42.2. The van der Waals surface area contributed by atoms with Crippen molar-refractivity contribution in [2.24, 2.45) is 0 Å². The number of rotatable bonds is 5. The summed E-state index contributed by atoms with van der Waals surface area (Å²) in [5, 5.41) is 8.74. The van der Waals surface area contributed by atoms with E-state index in [4.69, 9.17) is 4.42 Å². The second kappa shape index (κ2) is 5.60. The van der Waals surface area contributed by atoms with Gasteiger partial charge in [0.2, 0.25) is 10.1 Å². The van der Waals surface area contributed by atoms with Gasteiger partial charge in [-0.1, -0.05) is 11.3 Å². The van der Waals surface area contributed by atoms with Gasteiger partial charge in [0, 0.05) is 12.5 Å². The first kappa shape index (κ1) is 13.9. The van der Waals surface area contributed by atoms with Crippen LogP contribution in [0.25, 0.3) is 0 Å². The van der Waals surface area contributed by atoms with Gasteiger partial charge >= 0.3 is 6.18 Å². The molecule has 1 unspecified atom stereocenters. The zero-order valence-electron chi connectivity index (χ0n) is 10.1. The van der Waals surface area contributed by atoms with Crippen molar-refractivity contribution in [3.05, 3.63) is 29.2 Å². The van der Waals surface area contributed by atoms with Crippen LogP contribution >= 0.6 is 11.3 Å². The third-order valence-corrected chi connectivity index (χ3v) is 3.34. The van der Waals surface area contributed by atoms with Gasteiger partial charge in [-0.2, -0.15) is 13.2 Å². The second-order valence-electron chi connectivity index (χ2n) is 4.07. The monoisotopic (exact) mass is 291 g/mol. The maximum absolute atomic E-state index is 12.3. The van der Waals surface area contributed by atoms with Crippen LogP contribution in [0, 0.1) is 0 Å². The molecule has 0 spiro atoms. The molecule has 0 fully saturated rings. The minimum Gasteiger partial charge on any atom is -0.469 e. The van der Waals surface area contributed by atoms with Crippen molar-refractivity contribution >= 4 is 16.5 Å². The van der Waals surface area contributed by atoms with Crippen molar-refractivity contribution in [1.29, 1.82) is 0 Å². The van der Waals surface area contributed by atoms with Gasteiger partial charge in [0.15, 0.2) is 0 Å². The Bertz CT molecular complexity index is 509. The molecule has 0 aliphatic rings. The van der Waals surface area contributed by atoms with E-state index in [0.717, 1.165) is 12.2 Å². The SMILES string of the molecule is CC(CCc1ccco1)Nc1nnc(C(F)(F)F)s1. The van der Waals surface area contributed by atoms with E-state index in [0.29, 0.717) is 17.8 Å². The van der Waals surface area contributed by atoms with Crippen molar-refractivity contribution in [1.82, 2.24) is 10.2 Å². The number of aromatic nitrogens is 2. The first-order valence-electron chi connectivity index (χ1n) is 5.65. The molecule has 2 heterocycles. The molecule has 1 atom stereocenters. The van der Waals surface area contributed by atoms with Gasteiger partial charge in [-0.25, -0.2) is 0 Å². The van der Waals surface area contributed by atoms with Crippen molar-refractivity contribution in [2.75, 3.05) is 5.32 Å². The molecule has 2 aromatic heterocycles. The highest BCUT2D eigenvalue weighted by molar-refractivity contribution is 7.15. The number of nitrogens with one attached hydrogen (secondary N) is 1. The van der Waals surface area contributed by atoms with Crippen LogP contribution in [0.4, 0.5) is 18.3 Å². The Morgan fingerprint density at radius 2 is 2.21 bits per heavy atom. The first-order chi connectivity index (χ1) is 8.95. The summed E-state index contributed by atoms with van der Waals surface area (Å²) in [6.07, 6.45) is -1.40. The van der Waals surface area contributed by atoms with Crippen LogP contribution in [0.2, 0.25) is 0 Å². The van der Waals surface area contributed by atoms with Crippen LogP contribution in [-0.4, -0.2) is 16.2 Å². The van der Waals surface area contributed by atoms with E-state index in [9.17, 15) is 13.2 Å². The van der Waals surface area contributed by atoms with Crippen LogP contribution < -0.4 is 5.32 Å². The van der Waals surface area contributed by atoms with Crippen molar-refractivity contribution in [3.63, 3.8) is 0 Å². The van der Waals surface area contributed by atoms with E-state index in [2.05, 4.69) is 15.5 Å². The van der Waals surface area contributed by atoms with Gasteiger partial charge in [-0.05, 0) is 25.5 Å². The summed E-state index contributed by atoms with van der Waals surface area (Å²) in [5.74, 6) is 0.849. The third kappa shape index (κ3) is 3.95. The highest BCUT2D eigenvalue weighted by Gasteiger charge is 2.35. The number of aryl methyl sites for hydroxylation is 1. The van der Waals surface area contributed by atoms with E-state index in [1.54, 1.807) is 12.3 Å². The van der Waals surface area contributed by atoms with Crippen LogP contribution in [0.3, 0.4) is 0 Å². The molecular weight excluding hydrogens is 279 g/mol. The molecule has 8 heteroatoms. The van der Waals surface area contributed by atoms with E-state index >= 15 is 0 Å². The summed E-state index contributed by atoms with van der Waals surface area (Å²) >= 11 is 0.510. The molecule has 104 valence electrons. The van der Waals surface area contributed by atoms with E-state index < -0.39 is 11.2 Å². The average molecular weight is 291 g/mol. The molecule has 19 heavy (non-hydrogen) atoms. The van der Waals surface area contributed by atoms with Crippen LogP contribution in [-0.2, 0) is 12.6 Å². The highest BCUT2D eigenvalue weighted by atomic mass is 32.1. The zero-order chi connectivity index (χ0) is 13.9. The predicted molar refractivity (Wildman–Crippen MR) is 65.0 cm³/mol. The van der Waals surface area contributed by atoms with Gasteiger partial charge in [0.05, 0.1) is 6.26 Å². The van der Waals surface area contributed by atoms with Gasteiger partial charge in [-0.3, -0.25) is 0 Å². The number of hydrogen-bond acceptors (Lipinski definition) is 5. The minimum atomic E-state index is -4.44. The van der Waals surface area contributed by atoms with Gasteiger partial charge in [0.25, 0.3) is 0 Å². The molecule has 2 rings (SSSR count). The Kier molecular flexibility index (Phi) is 4.08. The van der Waals surface area contributed by atoms with Crippen molar-refractivity contribution < 1.29 is 17.6 Å². The van der Waals surface area contributed by atoms with E-state index in [-0.39, 0.29) is 11.2 Å². The predicted octanol–water partition coefficient (Wildman–Crippen LogP) is 3.58. The summed E-state index contributed by atoms with van der Waals surface area (Å²) in [6.45, 7) is 1.87. The van der Waals surface area contributed by atoms with Crippen LogP contribution in [0.1, 0.15) is 24.1 Å². The molecule has 0 saturated heterocycles. The Balaban J connectivity index is 1.85. The molecule has 0 saturated carbocycles. The number of furan rings is 1. The lowest BCUT2D eigenvalue weighted by molar-refractivity contribution is -0.138.